The molecule has 0 saturated carbocycles. The molecule has 5 nitrogen and oxygen atoms in total. The molecule has 2 heterocycles. The molecule has 0 unspecified atom stereocenters. The van der Waals surface area contributed by atoms with Crippen LogP contribution in [0.3, 0.4) is 0 Å². The number of cyclic esters (lactones) is 1. The molecule has 1 aliphatic rings. The molecule has 3 rings (SSSR count). The van der Waals surface area contributed by atoms with E-state index in [1.807, 2.05) is 29.8 Å². The Labute approximate surface area is 117 Å². The minimum absolute atomic E-state index is 0.320. The molecule has 0 aliphatic carbocycles. The number of nitrogens with zero attached hydrogens (tertiary/aromatic N) is 1. The van der Waals surface area contributed by atoms with Gasteiger partial charge >= 0.3 is 5.97 Å². The van der Waals surface area contributed by atoms with Crippen LogP contribution in [0.1, 0.15) is 11.1 Å². The summed E-state index contributed by atoms with van der Waals surface area (Å²) in [6.45, 7) is 0.320. The van der Waals surface area contributed by atoms with Crippen LogP contribution >= 0.6 is 0 Å². The summed E-state index contributed by atoms with van der Waals surface area (Å²) in [5.74, 6) is -2.01. The standard InChI is InChI=1S/C15H17NO4/c1-16-9-10-7-8-20-14(17)15(18-2,19-3)11-5-4-6-12(16)13(10)11/h4-6,9H,7-8H2,1-3H3. The van der Waals surface area contributed by atoms with Gasteiger partial charge in [-0.3, -0.25) is 0 Å². The molecule has 0 fully saturated rings. The van der Waals surface area contributed by atoms with E-state index < -0.39 is 11.8 Å². The van der Waals surface area contributed by atoms with Crippen LogP contribution < -0.4 is 0 Å². The third-order valence-electron chi connectivity index (χ3n) is 3.90. The van der Waals surface area contributed by atoms with Crippen molar-refractivity contribution in [2.24, 2.45) is 7.05 Å². The van der Waals surface area contributed by atoms with Gasteiger partial charge in [-0.15, -0.1) is 0 Å². The number of carbonyl (C=O) groups is 1. The molecular weight excluding hydrogens is 258 g/mol. The van der Waals surface area contributed by atoms with Crippen molar-refractivity contribution in [3.8, 4) is 0 Å². The van der Waals surface area contributed by atoms with Gasteiger partial charge < -0.3 is 18.8 Å². The lowest BCUT2D eigenvalue weighted by atomic mass is 9.96. The van der Waals surface area contributed by atoms with E-state index in [0.29, 0.717) is 18.6 Å². The van der Waals surface area contributed by atoms with E-state index in [0.717, 1.165) is 16.5 Å². The largest absolute Gasteiger partial charge is 0.461 e. The van der Waals surface area contributed by atoms with E-state index in [1.165, 1.54) is 14.2 Å². The Kier molecular flexibility index (Phi) is 3.03. The Morgan fingerprint density at radius 2 is 2.05 bits per heavy atom. The van der Waals surface area contributed by atoms with Gasteiger partial charge in [-0.1, -0.05) is 12.1 Å². The van der Waals surface area contributed by atoms with E-state index >= 15 is 0 Å². The molecule has 0 amide bonds. The monoisotopic (exact) mass is 275 g/mol. The molecule has 20 heavy (non-hydrogen) atoms. The summed E-state index contributed by atoms with van der Waals surface area (Å²) in [5, 5.41) is 1.01. The normalized spacial score (nSPS) is 17.6. The van der Waals surface area contributed by atoms with Gasteiger partial charge in [-0.2, -0.15) is 0 Å². The molecule has 2 aromatic rings. The van der Waals surface area contributed by atoms with Crippen LogP contribution in [-0.2, 0) is 38.3 Å². The lowest BCUT2D eigenvalue weighted by molar-refractivity contribution is -0.235. The Morgan fingerprint density at radius 3 is 2.75 bits per heavy atom. The average Bonchev–Trinajstić information content (AvgIpc) is 2.77. The van der Waals surface area contributed by atoms with E-state index in [9.17, 15) is 4.79 Å². The van der Waals surface area contributed by atoms with Gasteiger partial charge in [0.2, 0.25) is 0 Å². The summed E-state index contributed by atoms with van der Waals surface area (Å²) in [6.07, 6.45) is 2.74. The lowest BCUT2D eigenvalue weighted by Crippen LogP contribution is -2.42. The molecule has 1 aromatic carbocycles. The molecule has 1 aliphatic heterocycles. The zero-order valence-corrected chi connectivity index (χ0v) is 11.8. The SMILES string of the molecule is COC1(OC)C(=O)OCCc2cn(C)c3cccc1c23. The molecule has 5 heteroatoms. The number of benzene rings is 1. The van der Waals surface area contributed by atoms with Crippen molar-refractivity contribution in [3.05, 3.63) is 35.5 Å². The minimum Gasteiger partial charge on any atom is -0.461 e. The van der Waals surface area contributed by atoms with Crippen LogP contribution in [-0.4, -0.2) is 31.4 Å². The Bertz CT molecular complexity index is 670. The van der Waals surface area contributed by atoms with Crippen LogP contribution in [0, 0.1) is 0 Å². The predicted octanol–water partition coefficient (Wildman–Crippen LogP) is 1.72. The quantitative estimate of drug-likeness (QED) is 0.618. The first-order chi connectivity index (χ1) is 9.64. The molecular formula is C15H17NO4. The van der Waals surface area contributed by atoms with Gasteiger partial charge in [-0.25, -0.2) is 4.79 Å². The van der Waals surface area contributed by atoms with E-state index in [-0.39, 0.29) is 0 Å². The molecule has 1 aromatic heterocycles. The fourth-order valence-electron chi connectivity index (χ4n) is 2.93. The molecule has 0 atom stereocenters. The molecule has 106 valence electrons. The van der Waals surface area contributed by atoms with Crippen molar-refractivity contribution in [1.82, 2.24) is 4.57 Å². The van der Waals surface area contributed by atoms with Crippen molar-refractivity contribution in [3.63, 3.8) is 0 Å². The first-order valence-electron chi connectivity index (χ1n) is 6.49. The maximum absolute atomic E-state index is 12.3. The highest BCUT2D eigenvalue weighted by atomic mass is 16.7. The zero-order valence-electron chi connectivity index (χ0n) is 11.8. The fourth-order valence-corrected chi connectivity index (χ4v) is 2.93. The first kappa shape index (κ1) is 13.1. The van der Waals surface area contributed by atoms with E-state index in [4.69, 9.17) is 14.2 Å². The summed E-state index contributed by atoms with van der Waals surface area (Å²) in [4.78, 5) is 12.3. The number of carbonyl (C=O) groups excluding carboxylic acids is 1. The third kappa shape index (κ3) is 1.60. The molecule has 0 bridgehead atoms. The molecule has 0 radical (unpaired) electrons. The summed E-state index contributed by atoms with van der Waals surface area (Å²) in [6, 6.07) is 5.76. The second-order valence-electron chi connectivity index (χ2n) is 4.88. The van der Waals surface area contributed by atoms with Crippen molar-refractivity contribution in [1.29, 1.82) is 0 Å². The predicted molar refractivity (Wildman–Crippen MR) is 73.3 cm³/mol. The van der Waals surface area contributed by atoms with Crippen LogP contribution in [0.15, 0.2) is 24.4 Å². The topological polar surface area (TPSA) is 49.7 Å². The summed E-state index contributed by atoms with van der Waals surface area (Å²) in [7, 11) is 4.89. The van der Waals surface area contributed by atoms with Gasteiger partial charge in [0.05, 0.1) is 6.61 Å². The number of ether oxygens (including phenoxy) is 3. The molecule has 0 N–H and O–H groups in total. The summed E-state index contributed by atoms with van der Waals surface area (Å²) < 4.78 is 18.2. The van der Waals surface area contributed by atoms with Crippen LogP contribution in [0.5, 0.6) is 0 Å². The second kappa shape index (κ2) is 4.61. The van der Waals surface area contributed by atoms with Gasteiger partial charge in [0.15, 0.2) is 0 Å². The van der Waals surface area contributed by atoms with E-state index in [1.54, 1.807) is 0 Å². The number of rotatable bonds is 2. The Hall–Kier alpha value is -1.85. The Morgan fingerprint density at radius 1 is 1.30 bits per heavy atom. The van der Waals surface area contributed by atoms with Crippen LogP contribution in [0.25, 0.3) is 10.9 Å². The number of hydrogen-bond acceptors (Lipinski definition) is 4. The van der Waals surface area contributed by atoms with Crippen molar-refractivity contribution < 1.29 is 19.0 Å². The number of esters is 1. The summed E-state index contributed by atoms with van der Waals surface area (Å²) >= 11 is 0. The highest BCUT2D eigenvalue weighted by Gasteiger charge is 2.45. The third-order valence-corrected chi connectivity index (χ3v) is 3.90. The maximum Gasteiger partial charge on any atom is 0.372 e. The van der Waals surface area contributed by atoms with Crippen LogP contribution in [0.4, 0.5) is 0 Å². The number of hydrogen-bond donors (Lipinski definition) is 0. The van der Waals surface area contributed by atoms with Gasteiger partial charge in [0.1, 0.15) is 0 Å². The van der Waals surface area contributed by atoms with Crippen LogP contribution in [0.2, 0.25) is 0 Å². The smallest absolute Gasteiger partial charge is 0.372 e. The summed E-state index contributed by atoms with van der Waals surface area (Å²) in [5.41, 5.74) is 2.87. The molecule has 0 saturated heterocycles. The van der Waals surface area contributed by atoms with E-state index in [2.05, 4.69) is 6.20 Å². The van der Waals surface area contributed by atoms with Crippen molar-refractivity contribution >= 4 is 16.9 Å². The lowest BCUT2D eigenvalue weighted by Gasteiger charge is -2.30. The minimum atomic E-state index is -1.50. The van der Waals surface area contributed by atoms with Crippen molar-refractivity contribution in [2.75, 3.05) is 20.8 Å². The number of methoxy groups -OCH3 is 2. The first-order valence-corrected chi connectivity index (χ1v) is 6.49. The molecule has 0 spiro atoms. The maximum atomic E-state index is 12.3. The number of aryl methyl sites for hydroxylation is 1. The van der Waals surface area contributed by atoms with Crippen molar-refractivity contribution in [2.45, 2.75) is 12.2 Å². The zero-order chi connectivity index (χ0) is 14.3. The van der Waals surface area contributed by atoms with Gasteiger partial charge in [0.25, 0.3) is 5.79 Å². The average molecular weight is 275 g/mol. The fraction of sp³-hybridized carbons (Fsp3) is 0.400. The second-order valence-corrected chi connectivity index (χ2v) is 4.88. The van der Waals surface area contributed by atoms with Gasteiger partial charge in [0, 0.05) is 50.4 Å². The highest BCUT2D eigenvalue weighted by molar-refractivity contribution is 5.93. The Balaban J connectivity index is 2.40. The van der Waals surface area contributed by atoms with Gasteiger partial charge in [-0.05, 0) is 11.6 Å². The number of aromatic nitrogens is 1. The highest BCUT2D eigenvalue weighted by Crippen LogP contribution is 2.37.